The number of alkyl carbamates (subject to hydrolysis) is 1. The summed E-state index contributed by atoms with van der Waals surface area (Å²) in [6.07, 6.45) is -0.541. The monoisotopic (exact) mass is 339 g/mol. The van der Waals surface area contributed by atoms with Gasteiger partial charge in [-0.1, -0.05) is 6.07 Å². The van der Waals surface area contributed by atoms with Crippen molar-refractivity contribution in [3.8, 4) is 5.75 Å². The van der Waals surface area contributed by atoms with E-state index in [2.05, 4.69) is 5.32 Å². The SMILES string of the molecule is CNC(=O)OCCOc1ccc(B2OC(C)(C)C(C)(C)O2)c(F)c1. The first-order chi connectivity index (χ1) is 11.2. The van der Waals surface area contributed by atoms with E-state index in [4.69, 9.17) is 18.8 Å². The number of benzene rings is 1. The van der Waals surface area contributed by atoms with Gasteiger partial charge < -0.3 is 24.1 Å². The molecule has 2 rings (SSSR count). The van der Waals surface area contributed by atoms with E-state index in [9.17, 15) is 9.18 Å². The van der Waals surface area contributed by atoms with Gasteiger partial charge in [-0.05, 0) is 33.8 Å². The lowest BCUT2D eigenvalue weighted by atomic mass is 9.78. The average Bonchev–Trinajstić information content (AvgIpc) is 2.71. The largest absolute Gasteiger partial charge is 0.497 e. The highest BCUT2D eigenvalue weighted by Crippen LogP contribution is 2.36. The summed E-state index contributed by atoms with van der Waals surface area (Å²) in [7, 11) is 0.702. The van der Waals surface area contributed by atoms with Gasteiger partial charge in [0, 0.05) is 18.6 Å². The van der Waals surface area contributed by atoms with Crippen LogP contribution in [0, 0.1) is 5.82 Å². The van der Waals surface area contributed by atoms with Gasteiger partial charge in [0.05, 0.1) is 11.2 Å². The number of carbonyl (C=O) groups excluding carboxylic acids is 1. The quantitative estimate of drug-likeness (QED) is 0.655. The van der Waals surface area contributed by atoms with Gasteiger partial charge in [0.15, 0.2) is 0 Å². The van der Waals surface area contributed by atoms with Gasteiger partial charge in [0.25, 0.3) is 0 Å². The van der Waals surface area contributed by atoms with Crippen LogP contribution in [0.5, 0.6) is 5.75 Å². The Kier molecular flexibility index (Phi) is 5.40. The fraction of sp³-hybridized carbons (Fsp3) is 0.562. The van der Waals surface area contributed by atoms with Gasteiger partial charge in [0.2, 0.25) is 0 Å². The second kappa shape index (κ2) is 6.98. The van der Waals surface area contributed by atoms with Crippen molar-refractivity contribution in [1.29, 1.82) is 0 Å². The van der Waals surface area contributed by atoms with Crippen LogP contribution in [0.15, 0.2) is 18.2 Å². The molecule has 1 aromatic carbocycles. The van der Waals surface area contributed by atoms with E-state index in [1.807, 2.05) is 27.7 Å². The Hall–Kier alpha value is -1.80. The number of ether oxygens (including phenoxy) is 2. The third-order valence-electron chi connectivity index (χ3n) is 4.27. The van der Waals surface area contributed by atoms with Crippen LogP contribution >= 0.6 is 0 Å². The first kappa shape index (κ1) is 18.5. The molecule has 0 radical (unpaired) electrons. The van der Waals surface area contributed by atoms with Gasteiger partial charge in [-0.3, -0.25) is 0 Å². The van der Waals surface area contributed by atoms with Crippen LogP contribution in [0.2, 0.25) is 0 Å². The van der Waals surface area contributed by atoms with Crippen molar-refractivity contribution in [2.45, 2.75) is 38.9 Å². The standard InChI is InChI=1S/C16H23BFNO5/c1-15(2)16(3,4)24-17(23-15)12-7-6-11(10-13(12)18)21-8-9-22-14(20)19-5/h6-7,10H,8-9H2,1-5H3,(H,19,20). The summed E-state index contributed by atoms with van der Waals surface area (Å²) in [6, 6.07) is 4.47. The zero-order valence-electron chi connectivity index (χ0n) is 14.6. The Morgan fingerprint density at radius 1 is 1.21 bits per heavy atom. The Bertz CT molecular complexity index is 592. The normalized spacial score (nSPS) is 18.3. The van der Waals surface area contributed by atoms with E-state index in [1.165, 1.54) is 13.1 Å². The smallest absolute Gasteiger partial charge is 0.490 e. The lowest BCUT2D eigenvalue weighted by Crippen LogP contribution is -2.41. The second-order valence-electron chi connectivity index (χ2n) is 6.51. The Morgan fingerprint density at radius 2 is 1.83 bits per heavy atom. The fourth-order valence-corrected chi connectivity index (χ4v) is 2.12. The minimum atomic E-state index is -0.763. The van der Waals surface area contributed by atoms with Crippen molar-refractivity contribution < 1.29 is 28.0 Å². The molecule has 1 amide bonds. The highest BCUT2D eigenvalue weighted by atomic mass is 19.1. The van der Waals surface area contributed by atoms with E-state index in [0.29, 0.717) is 11.2 Å². The fourth-order valence-electron chi connectivity index (χ4n) is 2.12. The first-order valence-corrected chi connectivity index (χ1v) is 7.79. The maximum Gasteiger partial charge on any atom is 0.497 e. The molecule has 6 nitrogen and oxygen atoms in total. The minimum Gasteiger partial charge on any atom is -0.490 e. The van der Waals surface area contributed by atoms with Gasteiger partial charge in [-0.15, -0.1) is 0 Å². The van der Waals surface area contributed by atoms with Crippen LogP contribution in [0.1, 0.15) is 27.7 Å². The summed E-state index contributed by atoms with van der Waals surface area (Å²) in [6.45, 7) is 7.84. The lowest BCUT2D eigenvalue weighted by Gasteiger charge is -2.32. The third kappa shape index (κ3) is 3.99. The van der Waals surface area contributed by atoms with Gasteiger partial charge in [-0.25, -0.2) is 9.18 Å². The molecule has 1 heterocycles. The van der Waals surface area contributed by atoms with Gasteiger partial charge in [-0.2, -0.15) is 0 Å². The molecule has 0 bridgehead atoms. The second-order valence-corrected chi connectivity index (χ2v) is 6.51. The molecule has 0 unspecified atom stereocenters. The molecule has 0 spiro atoms. The number of halogens is 1. The molecular weight excluding hydrogens is 316 g/mol. The summed E-state index contributed by atoms with van der Waals surface area (Å²) in [4.78, 5) is 10.9. The Labute approximate surface area is 141 Å². The molecule has 1 N–H and O–H groups in total. The van der Waals surface area contributed by atoms with Crippen molar-refractivity contribution in [3.63, 3.8) is 0 Å². The van der Waals surface area contributed by atoms with E-state index in [1.54, 1.807) is 12.1 Å². The first-order valence-electron chi connectivity index (χ1n) is 7.79. The summed E-state index contributed by atoms with van der Waals surface area (Å²) >= 11 is 0. The van der Waals surface area contributed by atoms with E-state index in [0.717, 1.165) is 0 Å². The zero-order chi connectivity index (χ0) is 18.0. The molecule has 24 heavy (non-hydrogen) atoms. The highest BCUT2D eigenvalue weighted by molar-refractivity contribution is 6.62. The molecule has 0 aromatic heterocycles. The molecule has 8 heteroatoms. The topological polar surface area (TPSA) is 66.0 Å². The summed E-state index contributed by atoms with van der Waals surface area (Å²) in [5.41, 5.74) is -0.741. The third-order valence-corrected chi connectivity index (χ3v) is 4.27. The Morgan fingerprint density at radius 3 is 2.38 bits per heavy atom. The zero-order valence-corrected chi connectivity index (χ0v) is 14.6. The number of hydrogen-bond donors (Lipinski definition) is 1. The van der Waals surface area contributed by atoms with Gasteiger partial charge >= 0.3 is 13.2 Å². The van der Waals surface area contributed by atoms with Crippen molar-refractivity contribution in [1.82, 2.24) is 5.32 Å². The van der Waals surface area contributed by atoms with Crippen molar-refractivity contribution >= 4 is 18.7 Å². The van der Waals surface area contributed by atoms with E-state index in [-0.39, 0.29) is 13.2 Å². The van der Waals surface area contributed by atoms with Crippen LogP contribution < -0.4 is 15.5 Å². The van der Waals surface area contributed by atoms with Crippen LogP contribution in [0.3, 0.4) is 0 Å². The lowest BCUT2D eigenvalue weighted by molar-refractivity contribution is 0.00578. The maximum atomic E-state index is 14.4. The molecule has 0 aliphatic carbocycles. The number of amides is 1. The van der Waals surface area contributed by atoms with Crippen LogP contribution in [0.25, 0.3) is 0 Å². The van der Waals surface area contributed by atoms with Crippen LogP contribution in [0.4, 0.5) is 9.18 Å². The number of carbonyl (C=O) groups is 1. The predicted molar refractivity (Wildman–Crippen MR) is 88.0 cm³/mol. The molecular formula is C16H23BFNO5. The number of hydrogen-bond acceptors (Lipinski definition) is 5. The van der Waals surface area contributed by atoms with Crippen LogP contribution in [-0.2, 0) is 14.0 Å². The molecule has 0 atom stereocenters. The molecule has 1 saturated heterocycles. The highest BCUT2D eigenvalue weighted by Gasteiger charge is 2.52. The van der Waals surface area contributed by atoms with Crippen LogP contribution in [-0.4, -0.2) is 44.7 Å². The molecule has 1 aliphatic rings. The summed E-state index contributed by atoms with van der Waals surface area (Å²) in [5.74, 6) is -0.133. The minimum absolute atomic E-state index is 0.0697. The molecule has 1 fully saturated rings. The summed E-state index contributed by atoms with van der Waals surface area (Å²) < 4.78 is 36.2. The molecule has 132 valence electrons. The number of rotatable bonds is 5. The maximum absolute atomic E-state index is 14.4. The van der Waals surface area contributed by atoms with Crippen molar-refractivity contribution in [2.75, 3.05) is 20.3 Å². The molecule has 0 saturated carbocycles. The number of nitrogens with one attached hydrogen (secondary N) is 1. The van der Waals surface area contributed by atoms with Gasteiger partial charge in [0.1, 0.15) is 24.8 Å². The van der Waals surface area contributed by atoms with E-state index < -0.39 is 30.2 Å². The molecule has 1 aliphatic heterocycles. The average molecular weight is 339 g/mol. The van der Waals surface area contributed by atoms with E-state index >= 15 is 0 Å². The van der Waals surface area contributed by atoms with Crippen molar-refractivity contribution in [2.24, 2.45) is 0 Å². The Balaban J connectivity index is 1.97. The van der Waals surface area contributed by atoms with Crippen molar-refractivity contribution in [3.05, 3.63) is 24.0 Å². The predicted octanol–water partition coefficient (Wildman–Crippen LogP) is 1.86. The molecule has 1 aromatic rings. The summed E-state index contributed by atoms with van der Waals surface area (Å²) in [5, 5.41) is 2.32.